The second kappa shape index (κ2) is 8.00. The maximum absolute atomic E-state index is 12.0. The molecule has 2 N–H and O–H groups in total. The fourth-order valence-corrected chi connectivity index (χ4v) is 2.46. The van der Waals surface area contributed by atoms with Crippen LogP contribution in [-0.4, -0.2) is 45.8 Å². The lowest BCUT2D eigenvalue weighted by atomic mass is 10.1. The normalized spacial score (nSPS) is 15.7. The van der Waals surface area contributed by atoms with Gasteiger partial charge in [-0.05, 0) is 38.1 Å². The zero-order valence-electron chi connectivity index (χ0n) is 12.9. The molecule has 2 rings (SSSR count). The number of amides is 1. The Balaban J connectivity index is 1.76. The molecule has 1 aromatic rings. The first-order valence-electron chi connectivity index (χ1n) is 7.55. The van der Waals surface area contributed by atoms with E-state index >= 15 is 0 Å². The highest BCUT2D eigenvalue weighted by Gasteiger charge is 2.14. The third kappa shape index (κ3) is 5.02. The SMILES string of the molecule is CN(C)c1ccccc1NC(=O)CCOC1CCNCC1. The average Bonchev–Trinajstić information content (AvgIpc) is 2.48. The Labute approximate surface area is 126 Å². The van der Waals surface area contributed by atoms with E-state index in [1.807, 2.05) is 43.3 Å². The molecular formula is C16H25N3O2. The Morgan fingerprint density at radius 1 is 1.33 bits per heavy atom. The number of carbonyl (C=O) groups is 1. The summed E-state index contributed by atoms with van der Waals surface area (Å²) < 4.78 is 5.76. The van der Waals surface area contributed by atoms with Gasteiger partial charge in [0.25, 0.3) is 0 Å². The molecule has 0 aliphatic carbocycles. The molecule has 1 fully saturated rings. The number of para-hydroxylation sites is 2. The van der Waals surface area contributed by atoms with E-state index in [0.29, 0.717) is 19.1 Å². The predicted molar refractivity (Wildman–Crippen MR) is 85.9 cm³/mol. The molecule has 0 radical (unpaired) electrons. The highest BCUT2D eigenvalue weighted by Crippen LogP contribution is 2.23. The minimum Gasteiger partial charge on any atom is -0.378 e. The van der Waals surface area contributed by atoms with Gasteiger partial charge in [0, 0.05) is 14.1 Å². The van der Waals surface area contributed by atoms with E-state index in [1.54, 1.807) is 0 Å². The Bertz CT molecular complexity index is 457. The first-order chi connectivity index (χ1) is 10.2. The number of hydrogen-bond acceptors (Lipinski definition) is 4. The number of rotatable bonds is 6. The molecule has 1 amide bonds. The first kappa shape index (κ1) is 15.8. The summed E-state index contributed by atoms with van der Waals surface area (Å²) in [6, 6.07) is 7.79. The van der Waals surface area contributed by atoms with Crippen LogP contribution in [0.25, 0.3) is 0 Å². The zero-order valence-corrected chi connectivity index (χ0v) is 12.9. The van der Waals surface area contributed by atoms with E-state index in [-0.39, 0.29) is 5.91 Å². The van der Waals surface area contributed by atoms with E-state index in [1.165, 1.54) is 0 Å². The largest absolute Gasteiger partial charge is 0.378 e. The molecular weight excluding hydrogens is 266 g/mol. The van der Waals surface area contributed by atoms with Gasteiger partial charge >= 0.3 is 0 Å². The standard InChI is InChI=1S/C16H25N3O2/c1-19(2)15-6-4-3-5-14(15)18-16(20)9-12-21-13-7-10-17-11-8-13/h3-6,13,17H,7-12H2,1-2H3,(H,18,20). The average molecular weight is 291 g/mol. The maximum atomic E-state index is 12.0. The highest BCUT2D eigenvalue weighted by atomic mass is 16.5. The van der Waals surface area contributed by atoms with Crippen molar-refractivity contribution in [1.29, 1.82) is 0 Å². The van der Waals surface area contributed by atoms with Crippen LogP contribution in [0.15, 0.2) is 24.3 Å². The van der Waals surface area contributed by atoms with Crippen molar-refractivity contribution in [2.24, 2.45) is 0 Å². The molecule has 0 unspecified atom stereocenters. The molecule has 1 aromatic carbocycles. The summed E-state index contributed by atoms with van der Waals surface area (Å²) in [4.78, 5) is 14.0. The lowest BCUT2D eigenvalue weighted by Gasteiger charge is -2.23. The fraction of sp³-hybridized carbons (Fsp3) is 0.562. The Hall–Kier alpha value is -1.59. The van der Waals surface area contributed by atoms with Gasteiger partial charge in [-0.15, -0.1) is 0 Å². The van der Waals surface area contributed by atoms with Gasteiger partial charge in [0.05, 0.1) is 30.5 Å². The van der Waals surface area contributed by atoms with Crippen LogP contribution in [0.4, 0.5) is 11.4 Å². The van der Waals surface area contributed by atoms with Crippen LogP contribution in [-0.2, 0) is 9.53 Å². The highest BCUT2D eigenvalue weighted by molar-refractivity contribution is 5.94. The summed E-state index contributed by atoms with van der Waals surface area (Å²) in [6.07, 6.45) is 2.76. The van der Waals surface area contributed by atoms with Gasteiger partial charge in [0.2, 0.25) is 5.91 Å². The molecule has 0 aromatic heterocycles. The van der Waals surface area contributed by atoms with E-state index in [9.17, 15) is 4.79 Å². The van der Waals surface area contributed by atoms with Gasteiger partial charge in [-0.25, -0.2) is 0 Å². The van der Waals surface area contributed by atoms with Crippen LogP contribution in [0.2, 0.25) is 0 Å². The molecule has 1 saturated heterocycles. The smallest absolute Gasteiger partial charge is 0.226 e. The number of benzene rings is 1. The topological polar surface area (TPSA) is 53.6 Å². The molecule has 0 atom stereocenters. The van der Waals surface area contributed by atoms with E-state index in [4.69, 9.17) is 4.74 Å². The van der Waals surface area contributed by atoms with Crippen LogP contribution in [0.5, 0.6) is 0 Å². The number of carbonyl (C=O) groups excluding carboxylic acids is 1. The van der Waals surface area contributed by atoms with Crippen molar-refractivity contribution in [3.63, 3.8) is 0 Å². The third-order valence-electron chi connectivity index (χ3n) is 3.63. The van der Waals surface area contributed by atoms with E-state index in [0.717, 1.165) is 37.3 Å². The summed E-state index contributed by atoms with van der Waals surface area (Å²) in [5, 5.41) is 6.26. The monoisotopic (exact) mass is 291 g/mol. The van der Waals surface area contributed by atoms with Gasteiger partial charge in [-0.3, -0.25) is 4.79 Å². The number of hydrogen-bond donors (Lipinski definition) is 2. The summed E-state index contributed by atoms with van der Waals surface area (Å²) in [6.45, 7) is 2.50. The minimum atomic E-state index is -0.00163. The van der Waals surface area contributed by atoms with Crippen molar-refractivity contribution in [2.45, 2.75) is 25.4 Å². The van der Waals surface area contributed by atoms with Crippen LogP contribution in [0.1, 0.15) is 19.3 Å². The lowest BCUT2D eigenvalue weighted by molar-refractivity contribution is -0.117. The van der Waals surface area contributed by atoms with Crippen molar-refractivity contribution >= 4 is 17.3 Å². The Morgan fingerprint density at radius 2 is 2.05 bits per heavy atom. The van der Waals surface area contributed by atoms with Crippen LogP contribution >= 0.6 is 0 Å². The number of piperidine rings is 1. The number of ether oxygens (including phenoxy) is 1. The van der Waals surface area contributed by atoms with Crippen LogP contribution in [0.3, 0.4) is 0 Å². The lowest BCUT2D eigenvalue weighted by Crippen LogP contribution is -2.33. The molecule has 5 heteroatoms. The quantitative estimate of drug-likeness (QED) is 0.840. The molecule has 1 heterocycles. The Kier molecular flexibility index (Phi) is 6.02. The van der Waals surface area contributed by atoms with Gasteiger partial charge in [-0.2, -0.15) is 0 Å². The van der Waals surface area contributed by atoms with Crippen LogP contribution < -0.4 is 15.5 Å². The summed E-state index contributed by atoms with van der Waals surface area (Å²) >= 11 is 0. The Morgan fingerprint density at radius 3 is 2.76 bits per heavy atom. The van der Waals surface area contributed by atoms with Gasteiger partial charge < -0.3 is 20.3 Å². The number of anilines is 2. The molecule has 0 bridgehead atoms. The van der Waals surface area contributed by atoms with E-state index < -0.39 is 0 Å². The molecule has 5 nitrogen and oxygen atoms in total. The van der Waals surface area contributed by atoms with Crippen molar-refractivity contribution in [3.8, 4) is 0 Å². The van der Waals surface area contributed by atoms with Gasteiger partial charge in [0.15, 0.2) is 0 Å². The molecule has 1 aliphatic heterocycles. The molecule has 116 valence electrons. The second-order valence-corrected chi connectivity index (χ2v) is 5.53. The molecule has 0 spiro atoms. The molecule has 21 heavy (non-hydrogen) atoms. The van der Waals surface area contributed by atoms with Crippen molar-refractivity contribution in [1.82, 2.24) is 5.32 Å². The van der Waals surface area contributed by atoms with E-state index in [2.05, 4.69) is 10.6 Å². The fourth-order valence-electron chi connectivity index (χ4n) is 2.46. The van der Waals surface area contributed by atoms with Gasteiger partial charge in [-0.1, -0.05) is 12.1 Å². The first-order valence-corrected chi connectivity index (χ1v) is 7.55. The summed E-state index contributed by atoms with van der Waals surface area (Å²) in [5.74, 6) is -0.00163. The number of nitrogens with zero attached hydrogens (tertiary/aromatic N) is 1. The van der Waals surface area contributed by atoms with Crippen molar-refractivity contribution in [2.75, 3.05) is 44.0 Å². The van der Waals surface area contributed by atoms with Gasteiger partial charge in [0.1, 0.15) is 0 Å². The third-order valence-corrected chi connectivity index (χ3v) is 3.63. The molecule has 1 aliphatic rings. The van der Waals surface area contributed by atoms with Crippen LogP contribution in [0, 0.1) is 0 Å². The molecule has 0 saturated carbocycles. The summed E-state index contributed by atoms with van der Waals surface area (Å²) in [7, 11) is 3.93. The second-order valence-electron chi connectivity index (χ2n) is 5.53. The number of nitrogens with one attached hydrogen (secondary N) is 2. The predicted octanol–water partition coefficient (Wildman–Crippen LogP) is 1.85. The summed E-state index contributed by atoms with van der Waals surface area (Å²) in [5.41, 5.74) is 1.85. The minimum absolute atomic E-state index is 0.00163. The van der Waals surface area contributed by atoms with Crippen molar-refractivity contribution < 1.29 is 9.53 Å². The van der Waals surface area contributed by atoms with Crippen molar-refractivity contribution in [3.05, 3.63) is 24.3 Å². The maximum Gasteiger partial charge on any atom is 0.226 e. The zero-order chi connectivity index (χ0) is 15.1.